The number of nitrogens with one attached hydrogen (secondary N) is 1. The third-order valence-electron chi connectivity index (χ3n) is 2.53. The molecule has 0 unspecified atom stereocenters. The Balaban J connectivity index is 2.26. The van der Waals surface area contributed by atoms with Gasteiger partial charge in [-0.1, -0.05) is 12.1 Å². The zero-order valence-corrected chi connectivity index (χ0v) is 9.36. The second-order valence-electron chi connectivity index (χ2n) is 3.70. The molecule has 0 amide bonds. The summed E-state index contributed by atoms with van der Waals surface area (Å²) >= 11 is 0. The third-order valence-corrected chi connectivity index (χ3v) is 2.53. The lowest BCUT2D eigenvalue weighted by molar-refractivity contribution is 0.411. The zero-order valence-electron chi connectivity index (χ0n) is 9.36. The van der Waals surface area contributed by atoms with Gasteiger partial charge >= 0.3 is 5.69 Å². The number of ether oxygens (including phenoxy) is 1. The minimum absolute atomic E-state index is 0.0894. The topological polar surface area (TPSA) is 47.0 Å². The summed E-state index contributed by atoms with van der Waals surface area (Å²) < 4.78 is 6.81. The van der Waals surface area contributed by atoms with E-state index in [1.807, 2.05) is 25.1 Å². The van der Waals surface area contributed by atoms with Crippen molar-refractivity contribution in [1.29, 1.82) is 0 Å². The van der Waals surface area contributed by atoms with Gasteiger partial charge in [0.05, 0.1) is 13.7 Å². The number of H-pyrrole nitrogens is 1. The Morgan fingerprint density at radius 1 is 1.44 bits per heavy atom. The first kappa shape index (κ1) is 10.5. The number of hydrogen-bond acceptors (Lipinski definition) is 2. The van der Waals surface area contributed by atoms with Crippen LogP contribution < -0.4 is 10.4 Å². The van der Waals surface area contributed by atoms with Crippen LogP contribution in [0.1, 0.15) is 11.1 Å². The van der Waals surface area contributed by atoms with Crippen LogP contribution in [0.25, 0.3) is 0 Å². The van der Waals surface area contributed by atoms with Crippen LogP contribution in [0.15, 0.2) is 35.4 Å². The number of aromatic amines is 1. The highest BCUT2D eigenvalue weighted by molar-refractivity contribution is 5.36. The van der Waals surface area contributed by atoms with Crippen molar-refractivity contribution >= 4 is 0 Å². The minimum Gasteiger partial charge on any atom is -0.496 e. The number of nitrogens with zero attached hydrogens (tertiary/aromatic N) is 1. The van der Waals surface area contributed by atoms with Crippen LogP contribution in [0, 0.1) is 6.92 Å². The Kier molecular flexibility index (Phi) is 2.81. The summed E-state index contributed by atoms with van der Waals surface area (Å²) in [7, 11) is 1.65. The molecule has 1 aromatic heterocycles. The van der Waals surface area contributed by atoms with Gasteiger partial charge in [0.25, 0.3) is 0 Å². The molecule has 4 heteroatoms. The number of hydrogen-bond donors (Lipinski definition) is 1. The van der Waals surface area contributed by atoms with E-state index in [4.69, 9.17) is 4.74 Å². The molecule has 1 heterocycles. The minimum atomic E-state index is -0.0894. The molecule has 0 aliphatic heterocycles. The first-order chi connectivity index (χ1) is 7.70. The first-order valence-electron chi connectivity index (χ1n) is 5.08. The summed E-state index contributed by atoms with van der Waals surface area (Å²) in [6.07, 6.45) is 3.38. The van der Waals surface area contributed by atoms with Crippen LogP contribution in [0.3, 0.4) is 0 Å². The predicted octanol–water partition coefficient (Wildman–Crippen LogP) is 1.54. The third kappa shape index (κ3) is 2.00. The van der Waals surface area contributed by atoms with Crippen LogP contribution >= 0.6 is 0 Å². The molecule has 0 saturated carbocycles. The van der Waals surface area contributed by atoms with Crippen molar-refractivity contribution in [2.24, 2.45) is 0 Å². The maximum atomic E-state index is 11.3. The quantitative estimate of drug-likeness (QED) is 0.849. The molecular formula is C12H14N2O2. The number of benzene rings is 1. The van der Waals surface area contributed by atoms with Gasteiger partial charge in [-0.15, -0.1) is 0 Å². The number of aryl methyl sites for hydroxylation is 1. The number of methoxy groups -OCH3 is 1. The summed E-state index contributed by atoms with van der Waals surface area (Å²) in [6.45, 7) is 2.56. The molecule has 0 radical (unpaired) electrons. The highest BCUT2D eigenvalue weighted by atomic mass is 16.5. The molecule has 0 aliphatic rings. The number of rotatable bonds is 3. The van der Waals surface area contributed by atoms with Gasteiger partial charge < -0.3 is 9.72 Å². The van der Waals surface area contributed by atoms with E-state index in [-0.39, 0.29) is 5.69 Å². The van der Waals surface area contributed by atoms with Crippen molar-refractivity contribution in [1.82, 2.24) is 9.55 Å². The maximum Gasteiger partial charge on any atom is 0.325 e. The summed E-state index contributed by atoms with van der Waals surface area (Å²) in [4.78, 5) is 13.9. The van der Waals surface area contributed by atoms with Crippen molar-refractivity contribution in [2.45, 2.75) is 13.5 Å². The van der Waals surface area contributed by atoms with E-state index in [0.29, 0.717) is 6.54 Å². The van der Waals surface area contributed by atoms with E-state index in [1.54, 1.807) is 24.1 Å². The Morgan fingerprint density at radius 3 is 2.81 bits per heavy atom. The number of imidazole rings is 1. The standard InChI is InChI=1S/C12H14N2O2/c1-9-7-10(3-4-11(9)16-2)8-14-6-5-13-12(14)15/h3-7H,8H2,1-2H3,(H,13,15). The van der Waals surface area contributed by atoms with Gasteiger partial charge in [0.1, 0.15) is 5.75 Å². The normalized spacial score (nSPS) is 10.4. The van der Waals surface area contributed by atoms with Gasteiger partial charge in [-0.25, -0.2) is 4.79 Å². The fourth-order valence-electron chi connectivity index (χ4n) is 1.71. The van der Waals surface area contributed by atoms with Crippen molar-refractivity contribution in [2.75, 3.05) is 7.11 Å². The van der Waals surface area contributed by atoms with Gasteiger partial charge in [-0.3, -0.25) is 4.57 Å². The second kappa shape index (κ2) is 4.26. The number of aromatic nitrogens is 2. The maximum absolute atomic E-state index is 11.3. The Hall–Kier alpha value is -1.97. The molecule has 16 heavy (non-hydrogen) atoms. The second-order valence-corrected chi connectivity index (χ2v) is 3.70. The molecule has 2 rings (SSSR count). The fourth-order valence-corrected chi connectivity index (χ4v) is 1.71. The molecule has 0 atom stereocenters. The summed E-state index contributed by atoms with van der Waals surface area (Å²) in [5.74, 6) is 0.866. The van der Waals surface area contributed by atoms with Crippen molar-refractivity contribution in [3.8, 4) is 5.75 Å². The van der Waals surface area contributed by atoms with Gasteiger partial charge in [0.2, 0.25) is 0 Å². The molecular weight excluding hydrogens is 204 g/mol. The molecule has 1 N–H and O–H groups in total. The Morgan fingerprint density at radius 2 is 2.25 bits per heavy atom. The molecule has 4 nitrogen and oxygen atoms in total. The van der Waals surface area contributed by atoms with Crippen molar-refractivity contribution in [3.63, 3.8) is 0 Å². The van der Waals surface area contributed by atoms with Gasteiger partial charge in [-0.05, 0) is 24.1 Å². The molecule has 1 aromatic carbocycles. The van der Waals surface area contributed by atoms with E-state index >= 15 is 0 Å². The van der Waals surface area contributed by atoms with Gasteiger partial charge in [0.15, 0.2) is 0 Å². The monoisotopic (exact) mass is 218 g/mol. The van der Waals surface area contributed by atoms with Crippen LogP contribution in [-0.2, 0) is 6.54 Å². The molecule has 0 bridgehead atoms. The van der Waals surface area contributed by atoms with Crippen molar-refractivity contribution in [3.05, 3.63) is 52.2 Å². The summed E-state index contributed by atoms with van der Waals surface area (Å²) in [5, 5.41) is 0. The van der Waals surface area contributed by atoms with Crippen molar-refractivity contribution < 1.29 is 4.74 Å². The van der Waals surface area contributed by atoms with E-state index in [1.165, 1.54) is 0 Å². The van der Waals surface area contributed by atoms with E-state index in [9.17, 15) is 4.79 Å². The molecule has 2 aromatic rings. The molecule has 0 spiro atoms. The predicted molar refractivity (Wildman–Crippen MR) is 61.9 cm³/mol. The smallest absolute Gasteiger partial charge is 0.325 e. The lowest BCUT2D eigenvalue weighted by Crippen LogP contribution is -2.16. The average Bonchev–Trinajstić information content (AvgIpc) is 2.65. The summed E-state index contributed by atoms with van der Waals surface area (Å²) in [5.41, 5.74) is 2.07. The lowest BCUT2D eigenvalue weighted by atomic mass is 10.1. The van der Waals surface area contributed by atoms with Crippen LogP contribution in [-0.4, -0.2) is 16.7 Å². The Labute approximate surface area is 93.5 Å². The van der Waals surface area contributed by atoms with Crippen LogP contribution in [0.4, 0.5) is 0 Å². The molecule has 0 aliphatic carbocycles. The zero-order chi connectivity index (χ0) is 11.5. The van der Waals surface area contributed by atoms with Crippen LogP contribution in [0.2, 0.25) is 0 Å². The molecule has 84 valence electrons. The Bertz CT molecular complexity index is 540. The SMILES string of the molecule is COc1ccc(Cn2cc[nH]c2=O)cc1C. The van der Waals surface area contributed by atoms with E-state index in [0.717, 1.165) is 16.9 Å². The van der Waals surface area contributed by atoms with Gasteiger partial charge in [0, 0.05) is 12.4 Å². The largest absolute Gasteiger partial charge is 0.496 e. The highest BCUT2D eigenvalue weighted by Gasteiger charge is 2.02. The van der Waals surface area contributed by atoms with E-state index < -0.39 is 0 Å². The lowest BCUT2D eigenvalue weighted by Gasteiger charge is -2.07. The van der Waals surface area contributed by atoms with Crippen LogP contribution in [0.5, 0.6) is 5.75 Å². The summed E-state index contributed by atoms with van der Waals surface area (Å²) in [6, 6.07) is 5.91. The highest BCUT2D eigenvalue weighted by Crippen LogP contribution is 2.18. The average molecular weight is 218 g/mol. The van der Waals surface area contributed by atoms with Gasteiger partial charge in [-0.2, -0.15) is 0 Å². The van der Waals surface area contributed by atoms with E-state index in [2.05, 4.69) is 4.98 Å². The molecule has 0 fully saturated rings. The molecule has 0 saturated heterocycles. The first-order valence-corrected chi connectivity index (χ1v) is 5.08. The fraction of sp³-hybridized carbons (Fsp3) is 0.250.